The van der Waals surface area contributed by atoms with Crippen molar-refractivity contribution in [3.63, 3.8) is 0 Å². The fourth-order valence-corrected chi connectivity index (χ4v) is 2.07. The lowest BCUT2D eigenvalue weighted by Gasteiger charge is -2.26. The number of rotatable bonds is 1. The summed E-state index contributed by atoms with van der Waals surface area (Å²) in [6.07, 6.45) is 3.50. The zero-order valence-corrected chi connectivity index (χ0v) is 9.36. The highest BCUT2D eigenvalue weighted by atomic mass is 16.2. The van der Waals surface area contributed by atoms with Crippen LogP contribution in [0.2, 0.25) is 0 Å². The van der Waals surface area contributed by atoms with Crippen LogP contribution in [0, 0.1) is 6.92 Å². The van der Waals surface area contributed by atoms with Crippen LogP contribution < -0.4 is 0 Å². The number of likely N-dealkylation sites (tertiary alicyclic amines) is 1. The van der Waals surface area contributed by atoms with E-state index in [1.807, 2.05) is 24.9 Å². The van der Waals surface area contributed by atoms with Crippen LogP contribution in [-0.2, 0) is 7.05 Å². The molecule has 15 heavy (non-hydrogen) atoms. The van der Waals surface area contributed by atoms with Gasteiger partial charge in [0.25, 0.3) is 5.91 Å². The average molecular weight is 207 g/mol. The van der Waals surface area contributed by atoms with Crippen molar-refractivity contribution in [2.45, 2.75) is 26.2 Å². The molecule has 4 nitrogen and oxygen atoms in total. The van der Waals surface area contributed by atoms with Crippen LogP contribution in [0.1, 0.15) is 35.4 Å². The number of piperidine rings is 1. The third-order valence-corrected chi connectivity index (χ3v) is 2.86. The molecule has 82 valence electrons. The fraction of sp³-hybridized carbons (Fsp3) is 0.636. The molecule has 2 rings (SSSR count). The van der Waals surface area contributed by atoms with Crippen LogP contribution in [0.5, 0.6) is 0 Å². The van der Waals surface area contributed by atoms with Gasteiger partial charge in [-0.1, -0.05) is 0 Å². The fourth-order valence-electron chi connectivity index (χ4n) is 2.07. The molecule has 1 aromatic rings. The van der Waals surface area contributed by atoms with Gasteiger partial charge in [0.15, 0.2) is 0 Å². The first kappa shape index (κ1) is 10.2. The van der Waals surface area contributed by atoms with E-state index in [1.54, 1.807) is 4.68 Å². The van der Waals surface area contributed by atoms with Crippen molar-refractivity contribution >= 4 is 5.91 Å². The van der Waals surface area contributed by atoms with E-state index in [4.69, 9.17) is 0 Å². The van der Waals surface area contributed by atoms with Gasteiger partial charge in [0, 0.05) is 20.1 Å². The largest absolute Gasteiger partial charge is 0.337 e. The first-order chi connectivity index (χ1) is 7.18. The average Bonchev–Trinajstić information content (AvgIpc) is 2.58. The maximum absolute atomic E-state index is 12.1. The lowest BCUT2D eigenvalue weighted by atomic mass is 10.1. The molecule has 0 radical (unpaired) electrons. The van der Waals surface area contributed by atoms with Gasteiger partial charge in [-0.15, -0.1) is 0 Å². The van der Waals surface area contributed by atoms with Crippen molar-refractivity contribution in [3.05, 3.63) is 17.5 Å². The Bertz CT molecular complexity index is 364. The van der Waals surface area contributed by atoms with Gasteiger partial charge >= 0.3 is 0 Å². The Balaban J connectivity index is 2.16. The van der Waals surface area contributed by atoms with E-state index in [-0.39, 0.29) is 5.91 Å². The number of aryl methyl sites for hydroxylation is 2. The zero-order chi connectivity index (χ0) is 10.8. The van der Waals surface area contributed by atoms with Crippen LogP contribution in [0.3, 0.4) is 0 Å². The molecular weight excluding hydrogens is 190 g/mol. The van der Waals surface area contributed by atoms with Crippen LogP contribution in [0.4, 0.5) is 0 Å². The molecule has 1 aliphatic heterocycles. The Morgan fingerprint density at radius 3 is 2.53 bits per heavy atom. The number of carbonyl (C=O) groups is 1. The van der Waals surface area contributed by atoms with Crippen molar-refractivity contribution in [3.8, 4) is 0 Å². The summed E-state index contributed by atoms with van der Waals surface area (Å²) < 4.78 is 1.67. The second-order valence-electron chi connectivity index (χ2n) is 4.15. The summed E-state index contributed by atoms with van der Waals surface area (Å²) >= 11 is 0. The molecule has 0 bridgehead atoms. The highest BCUT2D eigenvalue weighted by Crippen LogP contribution is 2.13. The van der Waals surface area contributed by atoms with Crippen LogP contribution in [0.15, 0.2) is 6.07 Å². The molecule has 4 heteroatoms. The topological polar surface area (TPSA) is 38.1 Å². The Morgan fingerprint density at radius 1 is 1.33 bits per heavy atom. The molecule has 2 heterocycles. The van der Waals surface area contributed by atoms with E-state index in [0.29, 0.717) is 5.69 Å². The normalized spacial score (nSPS) is 16.8. The van der Waals surface area contributed by atoms with Crippen LogP contribution in [-0.4, -0.2) is 33.7 Å². The van der Waals surface area contributed by atoms with E-state index >= 15 is 0 Å². The van der Waals surface area contributed by atoms with Crippen LogP contribution in [0.25, 0.3) is 0 Å². The van der Waals surface area contributed by atoms with E-state index in [0.717, 1.165) is 31.6 Å². The van der Waals surface area contributed by atoms with E-state index < -0.39 is 0 Å². The molecule has 0 spiro atoms. The number of hydrogen-bond donors (Lipinski definition) is 0. The summed E-state index contributed by atoms with van der Waals surface area (Å²) in [5, 5.41) is 4.20. The predicted octanol–water partition coefficient (Wildman–Crippen LogP) is 1.35. The number of hydrogen-bond acceptors (Lipinski definition) is 2. The summed E-state index contributed by atoms with van der Waals surface area (Å²) in [6, 6.07) is 1.86. The molecule has 1 fully saturated rings. The highest BCUT2D eigenvalue weighted by Gasteiger charge is 2.20. The van der Waals surface area contributed by atoms with Crippen molar-refractivity contribution in [1.29, 1.82) is 0 Å². The zero-order valence-electron chi connectivity index (χ0n) is 9.36. The summed E-state index contributed by atoms with van der Waals surface area (Å²) in [4.78, 5) is 14.0. The van der Waals surface area contributed by atoms with Gasteiger partial charge in [-0.2, -0.15) is 5.10 Å². The monoisotopic (exact) mass is 207 g/mol. The van der Waals surface area contributed by atoms with Crippen molar-refractivity contribution in [2.24, 2.45) is 7.05 Å². The molecule has 0 saturated carbocycles. The maximum atomic E-state index is 12.1. The Labute approximate surface area is 89.9 Å². The van der Waals surface area contributed by atoms with Gasteiger partial charge in [-0.25, -0.2) is 0 Å². The second-order valence-corrected chi connectivity index (χ2v) is 4.15. The highest BCUT2D eigenvalue weighted by molar-refractivity contribution is 5.92. The molecule has 0 atom stereocenters. The third kappa shape index (κ3) is 2.03. The predicted molar refractivity (Wildman–Crippen MR) is 57.7 cm³/mol. The molecular formula is C11H17N3O. The van der Waals surface area contributed by atoms with Gasteiger partial charge in [0.05, 0.1) is 5.69 Å². The molecule has 1 aromatic heterocycles. The standard InChI is InChI=1S/C11H17N3O/c1-9-8-10(13(2)12-9)11(15)14-6-4-3-5-7-14/h8H,3-7H2,1-2H3. The number of aromatic nitrogens is 2. The molecule has 0 N–H and O–H groups in total. The maximum Gasteiger partial charge on any atom is 0.272 e. The lowest BCUT2D eigenvalue weighted by Crippen LogP contribution is -2.36. The van der Waals surface area contributed by atoms with Crippen molar-refractivity contribution < 1.29 is 4.79 Å². The summed E-state index contributed by atoms with van der Waals surface area (Å²) in [7, 11) is 1.82. The van der Waals surface area contributed by atoms with E-state index in [2.05, 4.69) is 5.10 Å². The number of nitrogens with zero attached hydrogens (tertiary/aromatic N) is 3. The first-order valence-corrected chi connectivity index (χ1v) is 5.48. The van der Waals surface area contributed by atoms with E-state index in [9.17, 15) is 4.79 Å². The van der Waals surface area contributed by atoms with E-state index in [1.165, 1.54) is 6.42 Å². The summed E-state index contributed by atoms with van der Waals surface area (Å²) in [5.74, 6) is 0.123. The smallest absolute Gasteiger partial charge is 0.272 e. The number of amides is 1. The second kappa shape index (κ2) is 4.04. The Kier molecular flexibility index (Phi) is 2.75. The molecule has 0 aliphatic carbocycles. The molecule has 1 aliphatic rings. The van der Waals surface area contributed by atoms with Gasteiger partial charge < -0.3 is 4.90 Å². The van der Waals surface area contributed by atoms with Gasteiger partial charge in [0.1, 0.15) is 5.69 Å². The van der Waals surface area contributed by atoms with Gasteiger partial charge in [-0.05, 0) is 32.3 Å². The minimum absolute atomic E-state index is 0.123. The van der Waals surface area contributed by atoms with Crippen LogP contribution >= 0.6 is 0 Å². The molecule has 1 amide bonds. The minimum Gasteiger partial charge on any atom is -0.337 e. The van der Waals surface area contributed by atoms with Gasteiger partial charge in [0.2, 0.25) is 0 Å². The Hall–Kier alpha value is -1.32. The first-order valence-electron chi connectivity index (χ1n) is 5.48. The molecule has 1 saturated heterocycles. The van der Waals surface area contributed by atoms with Crippen molar-refractivity contribution in [2.75, 3.05) is 13.1 Å². The minimum atomic E-state index is 0.123. The van der Waals surface area contributed by atoms with Crippen molar-refractivity contribution in [1.82, 2.24) is 14.7 Å². The summed E-state index contributed by atoms with van der Waals surface area (Å²) in [5.41, 5.74) is 1.60. The SMILES string of the molecule is Cc1cc(C(=O)N2CCCCC2)n(C)n1. The molecule has 0 unspecified atom stereocenters. The lowest BCUT2D eigenvalue weighted by molar-refractivity contribution is 0.0713. The Morgan fingerprint density at radius 2 is 2.00 bits per heavy atom. The molecule has 0 aromatic carbocycles. The quantitative estimate of drug-likeness (QED) is 0.697. The summed E-state index contributed by atoms with van der Waals surface area (Å²) in [6.45, 7) is 3.69. The van der Waals surface area contributed by atoms with Gasteiger partial charge in [-0.3, -0.25) is 9.48 Å². The number of carbonyl (C=O) groups excluding carboxylic acids is 1. The third-order valence-electron chi connectivity index (χ3n) is 2.86.